The van der Waals surface area contributed by atoms with Crippen LogP contribution in [-0.4, -0.2) is 22.3 Å². The van der Waals surface area contributed by atoms with Crippen molar-refractivity contribution in [1.29, 1.82) is 0 Å². The zero-order chi connectivity index (χ0) is 32.8. The average molecular weight is 590 g/mol. The van der Waals surface area contributed by atoms with Gasteiger partial charge < -0.3 is 5.11 Å². The second kappa shape index (κ2) is 11.7. The second-order valence-electron chi connectivity index (χ2n) is 16.0. The van der Waals surface area contributed by atoms with Crippen LogP contribution in [0.4, 0.5) is 11.4 Å². The Labute approximate surface area is 265 Å². The van der Waals surface area contributed by atoms with Crippen LogP contribution >= 0.6 is 0 Å². The first kappa shape index (κ1) is 33.3. The van der Waals surface area contributed by atoms with Gasteiger partial charge >= 0.3 is 0 Å². The number of nitrogens with zero attached hydrogens (tertiary/aromatic N) is 2. The highest BCUT2D eigenvalue weighted by Crippen LogP contribution is 2.43. The first-order valence-electron chi connectivity index (χ1n) is 15.5. The monoisotopic (exact) mass is 589 g/mol. The van der Waals surface area contributed by atoms with Crippen LogP contribution in [0.25, 0.3) is 11.1 Å². The maximum absolute atomic E-state index is 13.8. The lowest BCUT2D eigenvalue weighted by molar-refractivity contribution is -0.110. The molecule has 0 saturated heterocycles. The van der Waals surface area contributed by atoms with Gasteiger partial charge in [-0.2, -0.15) is 0 Å². The number of allylic oxidation sites excluding steroid dienone is 6. The Kier molecular flexibility index (Phi) is 8.85. The molecule has 4 heteroatoms. The molecule has 0 atom stereocenters. The minimum atomic E-state index is -0.316. The van der Waals surface area contributed by atoms with E-state index in [-0.39, 0.29) is 33.5 Å². The number of hydrogen-bond acceptors (Lipinski definition) is 4. The minimum absolute atomic E-state index is 0.0445. The highest BCUT2D eigenvalue weighted by atomic mass is 16.3. The number of hydrogen-bond donors (Lipinski definition) is 1. The van der Waals surface area contributed by atoms with E-state index in [0.717, 1.165) is 39.1 Å². The van der Waals surface area contributed by atoms with Gasteiger partial charge in [-0.1, -0.05) is 132 Å². The van der Waals surface area contributed by atoms with E-state index in [9.17, 15) is 9.90 Å². The number of aliphatic imine (C=N–C) groups is 2. The van der Waals surface area contributed by atoms with E-state index < -0.39 is 0 Å². The van der Waals surface area contributed by atoms with E-state index in [2.05, 4.69) is 89.2 Å². The number of aliphatic hydroxyl groups excluding tert-OH is 1. The van der Waals surface area contributed by atoms with Gasteiger partial charge in [0, 0.05) is 16.7 Å². The SMILES string of the molecule is CC(C)(C)C1=CC(=Nc2ccccc2-c2ccccc2N=C2C=C(C(C)(C)C)C=C(C(C)(C)C)C2=O)[C](O)C(C(C)(C)C)=C1. The summed E-state index contributed by atoms with van der Waals surface area (Å²) in [6.07, 6.45) is 8.28. The molecule has 4 rings (SSSR count). The Morgan fingerprint density at radius 2 is 0.886 bits per heavy atom. The maximum atomic E-state index is 13.8. The lowest BCUT2D eigenvalue weighted by atomic mass is 9.73. The molecule has 2 aliphatic rings. The molecule has 1 N–H and O–H groups in total. The summed E-state index contributed by atoms with van der Waals surface area (Å²) in [5, 5.41) is 11.5. The van der Waals surface area contributed by atoms with Crippen molar-refractivity contribution in [2.24, 2.45) is 31.6 Å². The van der Waals surface area contributed by atoms with Crippen molar-refractivity contribution in [3.05, 3.63) is 101 Å². The fourth-order valence-electron chi connectivity index (χ4n) is 5.25. The molecule has 0 bridgehead atoms. The summed E-state index contributed by atoms with van der Waals surface area (Å²) in [5.74, 6) is -0.0445. The predicted molar refractivity (Wildman–Crippen MR) is 186 cm³/mol. The molecule has 44 heavy (non-hydrogen) atoms. The fourth-order valence-corrected chi connectivity index (χ4v) is 5.25. The number of Topliss-reactive ketones (excluding diaryl/α,β-unsaturated/α-hetero) is 1. The summed E-state index contributed by atoms with van der Waals surface area (Å²) >= 11 is 0. The van der Waals surface area contributed by atoms with Gasteiger partial charge in [0.25, 0.3) is 0 Å². The van der Waals surface area contributed by atoms with Crippen LogP contribution in [0.5, 0.6) is 0 Å². The van der Waals surface area contributed by atoms with E-state index in [4.69, 9.17) is 9.98 Å². The summed E-state index contributed by atoms with van der Waals surface area (Å²) in [6.45, 7) is 25.5. The van der Waals surface area contributed by atoms with Crippen molar-refractivity contribution in [2.45, 2.75) is 83.1 Å². The number of ketones is 1. The Morgan fingerprint density at radius 3 is 1.32 bits per heavy atom. The summed E-state index contributed by atoms with van der Waals surface area (Å²) in [7, 11) is 0. The van der Waals surface area contributed by atoms with Crippen molar-refractivity contribution in [2.75, 3.05) is 0 Å². The van der Waals surface area contributed by atoms with Crippen molar-refractivity contribution in [3.8, 4) is 11.1 Å². The summed E-state index contributed by atoms with van der Waals surface area (Å²) in [5.41, 5.74) is 7.13. The second-order valence-corrected chi connectivity index (χ2v) is 16.0. The zero-order valence-corrected chi connectivity index (χ0v) is 28.7. The lowest BCUT2D eigenvalue weighted by Crippen LogP contribution is -2.29. The summed E-state index contributed by atoms with van der Waals surface area (Å²) in [4.78, 5) is 23.9. The lowest BCUT2D eigenvalue weighted by Gasteiger charge is -2.33. The third kappa shape index (κ3) is 7.18. The number of para-hydroxylation sites is 2. The summed E-state index contributed by atoms with van der Waals surface area (Å²) < 4.78 is 0. The van der Waals surface area contributed by atoms with Gasteiger partial charge in [-0.3, -0.25) is 4.79 Å². The van der Waals surface area contributed by atoms with Gasteiger partial charge in [0.15, 0.2) is 6.10 Å². The minimum Gasteiger partial charge on any atom is -0.375 e. The Bertz CT molecular complexity index is 1650. The molecule has 0 fully saturated rings. The Balaban J connectivity index is 1.89. The van der Waals surface area contributed by atoms with Crippen molar-refractivity contribution < 1.29 is 9.90 Å². The number of carbonyl (C=O) groups excluding carboxylic acids is 1. The van der Waals surface area contributed by atoms with Crippen molar-refractivity contribution in [3.63, 3.8) is 0 Å². The van der Waals surface area contributed by atoms with E-state index in [1.54, 1.807) is 0 Å². The van der Waals surface area contributed by atoms with Gasteiger partial charge in [-0.15, -0.1) is 0 Å². The Morgan fingerprint density at radius 1 is 0.500 bits per heavy atom. The zero-order valence-electron chi connectivity index (χ0n) is 28.7. The number of carbonyl (C=O) groups is 1. The van der Waals surface area contributed by atoms with Crippen LogP contribution in [-0.2, 0) is 4.79 Å². The van der Waals surface area contributed by atoms with Gasteiger partial charge in [-0.05, 0) is 62.7 Å². The normalized spacial score (nSPS) is 19.2. The molecule has 0 heterocycles. The smallest absolute Gasteiger partial charge is 0.207 e. The molecular weight excluding hydrogens is 540 g/mol. The van der Waals surface area contributed by atoms with E-state index in [0.29, 0.717) is 17.1 Å². The van der Waals surface area contributed by atoms with E-state index in [1.807, 2.05) is 66.8 Å². The molecule has 4 nitrogen and oxygen atoms in total. The van der Waals surface area contributed by atoms with Gasteiger partial charge in [0.2, 0.25) is 5.78 Å². The average Bonchev–Trinajstić information content (AvgIpc) is 2.89. The quantitative estimate of drug-likeness (QED) is 0.362. The molecule has 2 aliphatic carbocycles. The molecule has 0 unspecified atom stereocenters. The molecule has 2 aromatic rings. The molecular formula is C40H49N2O2. The van der Waals surface area contributed by atoms with Crippen LogP contribution in [0, 0.1) is 27.8 Å². The molecule has 0 spiro atoms. The van der Waals surface area contributed by atoms with Gasteiger partial charge in [0.1, 0.15) is 5.71 Å². The molecule has 0 aromatic heterocycles. The van der Waals surface area contributed by atoms with E-state index in [1.165, 1.54) is 0 Å². The topological polar surface area (TPSA) is 62.0 Å². The fraction of sp³-hybridized carbons (Fsp3) is 0.400. The maximum Gasteiger partial charge on any atom is 0.207 e. The predicted octanol–water partition coefficient (Wildman–Crippen LogP) is 10.9. The number of aliphatic hydroxyl groups is 1. The van der Waals surface area contributed by atoms with Crippen LogP contribution < -0.4 is 0 Å². The van der Waals surface area contributed by atoms with Crippen LogP contribution in [0.3, 0.4) is 0 Å². The van der Waals surface area contributed by atoms with Crippen LogP contribution in [0.2, 0.25) is 0 Å². The molecule has 1 radical (unpaired) electrons. The van der Waals surface area contributed by atoms with Gasteiger partial charge in [0.05, 0.1) is 17.1 Å². The highest BCUT2D eigenvalue weighted by Gasteiger charge is 2.34. The molecule has 0 saturated carbocycles. The molecule has 2 aromatic carbocycles. The van der Waals surface area contributed by atoms with Crippen LogP contribution in [0.1, 0.15) is 83.1 Å². The van der Waals surface area contributed by atoms with E-state index >= 15 is 0 Å². The third-order valence-electron chi connectivity index (χ3n) is 8.09. The van der Waals surface area contributed by atoms with Gasteiger partial charge in [-0.25, -0.2) is 9.98 Å². The van der Waals surface area contributed by atoms with Crippen molar-refractivity contribution in [1.82, 2.24) is 0 Å². The third-order valence-corrected chi connectivity index (χ3v) is 8.09. The molecule has 0 aliphatic heterocycles. The largest absolute Gasteiger partial charge is 0.375 e. The molecule has 0 amide bonds. The molecule has 231 valence electrons. The highest BCUT2D eigenvalue weighted by molar-refractivity contribution is 6.51. The number of benzene rings is 2. The number of rotatable bonds is 3. The first-order chi connectivity index (χ1) is 20.2. The van der Waals surface area contributed by atoms with Crippen LogP contribution in [0.15, 0.2) is 105 Å². The van der Waals surface area contributed by atoms with Crippen molar-refractivity contribution >= 4 is 28.6 Å². The first-order valence-corrected chi connectivity index (χ1v) is 15.5. The Hall–Kier alpha value is -3.63. The standard InChI is InChI=1S/C40H49N2O2/c1-37(2,3)25-21-29(39(7,8)9)35(43)33(23-25)41-31-19-15-13-17-27(31)28-18-14-16-20-32(28)42-34-24-26(38(4,5)6)22-30(36(34)44)40(10,11)12/h13-24,43H,1-12H3. The summed E-state index contributed by atoms with van der Waals surface area (Å²) in [6, 6.07) is 15.8.